The normalized spacial score (nSPS) is 12.6. The Hall–Kier alpha value is -1.10. The summed E-state index contributed by atoms with van der Waals surface area (Å²) in [5.74, 6) is -0.584. The Kier molecular flexibility index (Phi) is 8.37. The molecule has 0 aliphatic heterocycles. The first-order valence-electron chi connectivity index (χ1n) is 6.53. The van der Waals surface area contributed by atoms with Gasteiger partial charge < -0.3 is 14.4 Å². The van der Waals surface area contributed by atoms with E-state index in [0.717, 1.165) is 6.54 Å². The fourth-order valence-electron chi connectivity index (χ4n) is 1.42. The molecule has 5 heteroatoms. The van der Waals surface area contributed by atoms with Gasteiger partial charge in [0.2, 0.25) is 0 Å². The molecule has 1 N–H and O–H groups in total. The standard InChI is InChI=1S/C13H25NO4/c1-6-12(15)18-11(7-8-14(4)5)9-13(16)17-10(2)3/h10-11H,6-9H2,1-5H3/p+1/t11-/m0/s1. The molecule has 0 aliphatic carbocycles. The zero-order valence-corrected chi connectivity index (χ0v) is 12.1. The fraction of sp³-hybridized carbons (Fsp3) is 0.846. The highest BCUT2D eigenvalue weighted by Gasteiger charge is 2.20. The lowest BCUT2D eigenvalue weighted by molar-refractivity contribution is -0.858. The van der Waals surface area contributed by atoms with Crippen molar-refractivity contribution >= 4 is 11.9 Å². The monoisotopic (exact) mass is 260 g/mol. The predicted octanol–water partition coefficient (Wildman–Crippen LogP) is 0.185. The number of ether oxygens (including phenoxy) is 2. The summed E-state index contributed by atoms with van der Waals surface area (Å²) in [6.45, 7) is 6.18. The first-order valence-corrected chi connectivity index (χ1v) is 6.53. The summed E-state index contributed by atoms with van der Waals surface area (Å²) in [4.78, 5) is 24.1. The van der Waals surface area contributed by atoms with Crippen molar-refractivity contribution in [2.45, 2.75) is 52.2 Å². The molecule has 106 valence electrons. The molecule has 0 saturated carbocycles. The van der Waals surface area contributed by atoms with Gasteiger partial charge in [-0.15, -0.1) is 0 Å². The third-order valence-corrected chi connectivity index (χ3v) is 2.31. The molecule has 5 nitrogen and oxygen atoms in total. The van der Waals surface area contributed by atoms with E-state index in [-0.39, 0.29) is 30.6 Å². The highest BCUT2D eigenvalue weighted by molar-refractivity contribution is 5.72. The lowest BCUT2D eigenvalue weighted by atomic mass is 10.2. The number of hydrogen-bond acceptors (Lipinski definition) is 4. The van der Waals surface area contributed by atoms with Crippen LogP contribution in [-0.4, -0.2) is 44.8 Å². The first-order chi connectivity index (χ1) is 8.35. The number of rotatable bonds is 8. The number of quaternary nitrogens is 1. The van der Waals surface area contributed by atoms with Gasteiger partial charge in [-0.3, -0.25) is 9.59 Å². The van der Waals surface area contributed by atoms with E-state index in [0.29, 0.717) is 12.8 Å². The Morgan fingerprint density at radius 2 is 1.72 bits per heavy atom. The van der Waals surface area contributed by atoms with Crippen LogP contribution < -0.4 is 4.90 Å². The molecule has 0 fully saturated rings. The lowest BCUT2D eigenvalue weighted by Gasteiger charge is -2.18. The van der Waals surface area contributed by atoms with Gasteiger partial charge in [0.05, 0.1) is 33.2 Å². The van der Waals surface area contributed by atoms with Crippen LogP contribution in [0.4, 0.5) is 0 Å². The van der Waals surface area contributed by atoms with Crippen LogP contribution in [0.15, 0.2) is 0 Å². The Bertz CT molecular complexity index is 264. The van der Waals surface area contributed by atoms with Crippen LogP contribution in [-0.2, 0) is 19.1 Å². The summed E-state index contributed by atoms with van der Waals surface area (Å²) in [5, 5.41) is 0. The summed E-state index contributed by atoms with van der Waals surface area (Å²) in [6.07, 6.45) is 0.612. The summed E-state index contributed by atoms with van der Waals surface area (Å²) < 4.78 is 10.3. The molecule has 0 radical (unpaired) electrons. The molecule has 0 saturated heterocycles. The Balaban J connectivity index is 4.27. The van der Waals surface area contributed by atoms with E-state index in [1.54, 1.807) is 20.8 Å². The lowest BCUT2D eigenvalue weighted by Crippen LogP contribution is -3.05. The number of carbonyl (C=O) groups excluding carboxylic acids is 2. The Morgan fingerprint density at radius 3 is 2.17 bits per heavy atom. The van der Waals surface area contributed by atoms with Crippen molar-refractivity contribution in [2.24, 2.45) is 0 Å². The molecule has 0 bridgehead atoms. The topological polar surface area (TPSA) is 57.0 Å². The molecule has 18 heavy (non-hydrogen) atoms. The Labute approximate surface area is 109 Å². The van der Waals surface area contributed by atoms with Crippen molar-refractivity contribution in [3.63, 3.8) is 0 Å². The maximum absolute atomic E-state index is 11.6. The van der Waals surface area contributed by atoms with Gasteiger partial charge in [-0.1, -0.05) is 6.92 Å². The highest BCUT2D eigenvalue weighted by Crippen LogP contribution is 2.07. The minimum absolute atomic E-state index is 0.136. The van der Waals surface area contributed by atoms with E-state index < -0.39 is 0 Å². The first kappa shape index (κ1) is 16.9. The van der Waals surface area contributed by atoms with Crippen molar-refractivity contribution < 1.29 is 24.0 Å². The zero-order chi connectivity index (χ0) is 14.1. The van der Waals surface area contributed by atoms with Crippen LogP contribution >= 0.6 is 0 Å². The average Bonchev–Trinajstić information content (AvgIpc) is 2.24. The zero-order valence-electron chi connectivity index (χ0n) is 12.1. The number of hydrogen-bond donors (Lipinski definition) is 1. The van der Waals surface area contributed by atoms with Crippen molar-refractivity contribution in [2.75, 3.05) is 20.6 Å². The minimum atomic E-state index is -0.376. The van der Waals surface area contributed by atoms with Crippen molar-refractivity contribution in [3.05, 3.63) is 0 Å². The number of carbonyl (C=O) groups is 2. The molecular formula is C13H26NO4+. The van der Waals surface area contributed by atoms with Gasteiger partial charge >= 0.3 is 11.9 Å². The smallest absolute Gasteiger partial charge is 0.309 e. The summed E-state index contributed by atoms with van der Waals surface area (Å²) >= 11 is 0. The second kappa shape index (κ2) is 8.91. The SMILES string of the molecule is CCC(=O)O[C@@H](CC[NH+](C)C)CC(=O)OC(C)C. The minimum Gasteiger partial charge on any atom is -0.463 e. The van der Waals surface area contributed by atoms with Gasteiger partial charge in [0.1, 0.15) is 6.10 Å². The van der Waals surface area contributed by atoms with Crippen LogP contribution in [0.25, 0.3) is 0 Å². The molecule has 0 rings (SSSR count). The molecule has 0 spiro atoms. The molecule has 0 aromatic heterocycles. The van der Waals surface area contributed by atoms with Gasteiger partial charge in [-0.05, 0) is 13.8 Å². The molecule has 1 atom stereocenters. The second-order valence-corrected chi connectivity index (χ2v) is 4.95. The van der Waals surface area contributed by atoms with Gasteiger partial charge in [-0.25, -0.2) is 0 Å². The van der Waals surface area contributed by atoms with Crippen LogP contribution in [0.1, 0.15) is 40.0 Å². The molecular weight excluding hydrogens is 234 g/mol. The quantitative estimate of drug-likeness (QED) is 0.633. The van der Waals surface area contributed by atoms with E-state index in [2.05, 4.69) is 0 Å². The largest absolute Gasteiger partial charge is 0.463 e. The van der Waals surface area contributed by atoms with Crippen molar-refractivity contribution in [3.8, 4) is 0 Å². The summed E-state index contributed by atoms with van der Waals surface area (Å²) in [6, 6.07) is 0. The molecule has 0 amide bonds. The number of nitrogens with one attached hydrogen (secondary N) is 1. The third-order valence-electron chi connectivity index (χ3n) is 2.31. The molecule has 0 unspecified atom stereocenters. The maximum Gasteiger partial charge on any atom is 0.309 e. The molecule has 0 aliphatic rings. The van der Waals surface area contributed by atoms with Crippen LogP contribution in [0.2, 0.25) is 0 Å². The second-order valence-electron chi connectivity index (χ2n) is 4.95. The van der Waals surface area contributed by atoms with Crippen molar-refractivity contribution in [1.29, 1.82) is 0 Å². The predicted molar refractivity (Wildman–Crippen MR) is 68.3 cm³/mol. The molecule has 0 heterocycles. The van der Waals surface area contributed by atoms with Gasteiger partial charge in [0, 0.05) is 12.8 Å². The molecule has 0 aromatic rings. The van der Waals surface area contributed by atoms with E-state index in [4.69, 9.17) is 9.47 Å². The maximum atomic E-state index is 11.6. The fourth-order valence-corrected chi connectivity index (χ4v) is 1.42. The molecule has 0 aromatic carbocycles. The third kappa shape index (κ3) is 8.98. The van der Waals surface area contributed by atoms with Crippen LogP contribution in [0.3, 0.4) is 0 Å². The van der Waals surface area contributed by atoms with E-state index >= 15 is 0 Å². The summed E-state index contributed by atoms with van der Waals surface area (Å²) in [5.41, 5.74) is 0. The van der Waals surface area contributed by atoms with Crippen LogP contribution in [0.5, 0.6) is 0 Å². The highest BCUT2D eigenvalue weighted by atomic mass is 16.6. The van der Waals surface area contributed by atoms with Crippen molar-refractivity contribution in [1.82, 2.24) is 0 Å². The van der Waals surface area contributed by atoms with Gasteiger partial charge in [-0.2, -0.15) is 0 Å². The van der Waals surface area contributed by atoms with Gasteiger partial charge in [0.25, 0.3) is 0 Å². The summed E-state index contributed by atoms with van der Waals surface area (Å²) in [7, 11) is 4.04. The number of esters is 2. The van der Waals surface area contributed by atoms with Crippen LogP contribution in [0, 0.1) is 0 Å². The Morgan fingerprint density at radius 1 is 1.11 bits per heavy atom. The van der Waals surface area contributed by atoms with E-state index in [9.17, 15) is 9.59 Å². The average molecular weight is 260 g/mol. The van der Waals surface area contributed by atoms with E-state index in [1.807, 2.05) is 14.1 Å². The van der Waals surface area contributed by atoms with E-state index in [1.165, 1.54) is 4.90 Å². The van der Waals surface area contributed by atoms with Gasteiger partial charge in [0.15, 0.2) is 0 Å².